The molecule has 0 radical (unpaired) electrons. The number of rotatable bonds is 8. The van der Waals surface area contributed by atoms with Crippen molar-refractivity contribution in [3.63, 3.8) is 0 Å². The van der Waals surface area contributed by atoms with E-state index < -0.39 is 80.6 Å². The Kier molecular flexibility index (Phi) is 13.4. The molecule has 0 N–H and O–H groups in total. The lowest BCUT2D eigenvalue weighted by atomic mass is 9.97. The summed E-state index contributed by atoms with van der Waals surface area (Å²) in [7, 11) is -5.11. The minimum atomic E-state index is -4.53. The average molecular weight is 1040 g/mol. The zero-order valence-corrected chi connectivity index (χ0v) is 41.9. The molecule has 6 aromatic carbocycles. The molecule has 378 valence electrons. The summed E-state index contributed by atoms with van der Waals surface area (Å²) in [6.07, 6.45) is -8.51. The Balaban J connectivity index is 0.000000180. The van der Waals surface area contributed by atoms with Gasteiger partial charge in [-0.2, -0.15) is 26.3 Å². The molecule has 6 aromatic rings. The van der Waals surface area contributed by atoms with Crippen LogP contribution in [0.2, 0.25) is 0 Å². The lowest BCUT2D eigenvalue weighted by Crippen LogP contribution is -2.32. The monoisotopic (exact) mass is 1040 g/mol. The molecule has 0 bridgehead atoms. The van der Waals surface area contributed by atoms with E-state index in [4.69, 9.17) is 9.47 Å². The maximum Gasteiger partial charge on any atom is 0.416 e. The summed E-state index contributed by atoms with van der Waals surface area (Å²) < 4.78 is 131. The zero-order chi connectivity index (χ0) is 52.5. The molecule has 2 fully saturated rings. The fraction of sp³-hybridized carbons (Fsp3) is 0.250. The van der Waals surface area contributed by atoms with Gasteiger partial charge in [0.15, 0.2) is 0 Å². The Labute approximate surface area is 421 Å². The summed E-state index contributed by atoms with van der Waals surface area (Å²) in [4.78, 5) is 30.5. The van der Waals surface area contributed by atoms with Crippen LogP contribution in [0.15, 0.2) is 131 Å². The SMILES string of the molecule is Cc1cc([C@H]2OC(=O)N(Cc3cc(C)ccc3C3=Cc4ccccc4S3(=O)=O)[C@H]2C)cc(C(F)(F)F)c1.Cc1cc([C@H]2OC(=O)N(Cc3cc(C)ccc3C3=Cc4ccccc4S3=O)[C@H]2C)cc(C(F)(F)F)c1. The molecular formula is C56H48F6N2O7S2. The van der Waals surface area contributed by atoms with Crippen molar-refractivity contribution in [1.29, 1.82) is 0 Å². The number of ether oxygens (including phenoxy) is 2. The summed E-state index contributed by atoms with van der Waals surface area (Å²) in [6, 6.07) is 31.6. The molecule has 0 aliphatic carbocycles. The first-order chi connectivity index (χ1) is 34.4. The molecule has 4 heterocycles. The molecule has 17 heteroatoms. The van der Waals surface area contributed by atoms with Crippen molar-refractivity contribution < 1.29 is 58.0 Å². The maximum absolute atomic E-state index is 13.4. The van der Waals surface area contributed by atoms with E-state index in [1.54, 1.807) is 82.3 Å². The van der Waals surface area contributed by atoms with Gasteiger partial charge in [-0.15, -0.1) is 0 Å². The number of carbonyl (C=O) groups excluding carboxylic acids is 2. The van der Waals surface area contributed by atoms with Crippen LogP contribution in [0.5, 0.6) is 0 Å². The van der Waals surface area contributed by atoms with Crippen LogP contribution in [0.4, 0.5) is 35.9 Å². The van der Waals surface area contributed by atoms with Crippen LogP contribution in [0, 0.1) is 27.7 Å². The van der Waals surface area contributed by atoms with Crippen LogP contribution in [0.25, 0.3) is 22.0 Å². The van der Waals surface area contributed by atoms with Crippen molar-refractivity contribution in [2.75, 3.05) is 0 Å². The lowest BCUT2D eigenvalue weighted by Gasteiger charge is -2.23. The number of aryl methyl sites for hydroxylation is 4. The predicted molar refractivity (Wildman–Crippen MR) is 265 cm³/mol. The molecule has 0 aromatic heterocycles. The normalized spacial score (nSPS) is 21.0. The molecular weight excluding hydrogens is 991 g/mol. The van der Waals surface area contributed by atoms with Crippen LogP contribution in [-0.2, 0) is 55.6 Å². The Bertz CT molecular complexity index is 3440. The van der Waals surface area contributed by atoms with Gasteiger partial charge in [0.25, 0.3) is 0 Å². The molecule has 2 saturated heterocycles. The van der Waals surface area contributed by atoms with Gasteiger partial charge >= 0.3 is 24.5 Å². The van der Waals surface area contributed by atoms with Gasteiger partial charge in [0.2, 0.25) is 9.84 Å². The fourth-order valence-electron chi connectivity index (χ4n) is 9.82. The number of hydrogen-bond acceptors (Lipinski definition) is 7. The number of sulfone groups is 1. The van der Waals surface area contributed by atoms with Crippen molar-refractivity contribution >= 4 is 54.8 Å². The Morgan fingerprint density at radius 3 is 1.52 bits per heavy atom. The highest BCUT2D eigenvalue weighted by atomic mass is 32.2. The van der Waals surface area contributed by atoms with E-state index in [0.29, 0.717) is 38.3 Å². The Morgan fingerprint density at radius 2 is 1.03 bits per heavy atom. The zero-order valence-electron chi connectivity index (χ0n) is 40.3. The first kappa shape index (κ1) is 50.9. The van der Waals surface area contributed by atoms with E-state index in [2.05, 4.69) is 0 Å². The first-order valence-corrected chi connectivity index (χ1v) is 25.8. The lowest BCUT2D eigenvalue weighted by molar-refractivity contribution is -0.138. The van der Waals surface area contributed by atoms with Crippen molar-refractivity contribution in [3.05, 3.63) is 199 Å². The van der Waals surface area contributed by atoms with E-state index in [1.165, 1.54) is 9.80 Å². The summed E-state index contributed by atoms with van der Waals surface area (Å²) in [5.41, 5.74) is 5.83. The van der Waals surface area contributed by atoms with E-state index in [0.717, 1.165) is 57.0 Å². The molecule has 0 spiro atoms. The van der Waals surface area contributed by atoms with Gasteiger partial charge in [-0.05, 0) is 135 Å². The number of alkyl halides is 6. The van der Waals surface area contributed by atoms with Crippen LogP contribution >= 0.6 is 0 Å². The number of benzene rings is 6. The van der Waals surface area contributed by atoms with E-state index >= 15 is 0 Å². The van der Waals surface area contributed by atoms with Crippen molar-refractivity contribution in [2.45, 2.75) is 101 Å². The number of cyclic esters (lactones) is 2. The number of halogens is 6. The highest BCUT2D eigenvalue weighted by Crippen LogP contribution is 2.44. The molecule has 5 atom stereocenters. The van der Waals surface area contributed by atoms with Crippen LogP contribution in [0.1, 0.15) is 104 Å². The second-order valence-electron chi connectivity index (χ2n) is 18.8. The maximum atomic E-state index is 13.4. The third kappa shape index (κ3) is 9.96. The van der Waals surface area contributed by atoms with Crippen molar-refractivity contribution in [2.24, 2.45) is 0 Å². The predicted octanol–water partition coefficient (Wildman–Crippen LogP) is 13.7. The molecule has 73 heavy (non-hydrogen) atoms. The van der Waals surface area contributed by atoms with Crippen LogP contribution < -0.4 is 0 Å². The molecule has 9 nitrogen and oxygen atoms in total. The highest BCUT2D eigenvalue weighted by molar-refractivity contribution is 8.01. The topological polar surface area (TPSA) is 110 Å². The molecule has 10 rings (SSSR count). The molecule has 4 aliphatic heterocycles. The van der Waals surface area contributed by atoms with Crippen molar-refractivity contribution in [1.82, 2.24) is 9.80 Å². The van der Waals surface area contributed by atoms with Gasteiger partial charge in [-0.1, -0.05) is 107 Å². The van der Waals surface area contributed by atoms with Gasteiger partial charge in [-0.3, -0.25) is 9.80 Å². The Hall–Kier alpha value is -6.98. The standard InChI is InChI=1S/C28H24F3NO4S.C28H24F3NO3S/c1-16-8-9-23(25-14-19-6-4-5-7-24(19)37(25,34)35)21(10-16)15-32-18(3)26(36-27(32)33)20-11-17(2)12-22(13-20)28(29,30)31;1-16-8-9-23(25-14-19-6-4-5-7-24(19)36(25)34)21(10-16)15-32-18(3)26(35-27(32)33)20-11-17(2)12-22(13-20)28(29,30)31/h4-14,18,26H,15H2,1-3H3;4-14,18,26H,15H2,1-3H3/t18-,26-;18-,26-,36?/m00/s1. The number of fused-ring (bicyclic) bond motifs is 2. The molecule has 4 aliphatic rings. The minimum Gasteiger partial charge on any atom is -0.439 e. The van der Waals surface area contributed by atoms with Crippen molar-refractivity contribution in [3.8, 4) is 0 Å². The van der Waals surface area contributed by atoms with Gasteiger partial charge in [0.05, 0.1) is 66.7 Å². The third-order valence-electron chi connectivity index (χ3n) is 13.4. The quantitative estimate of drug-likeness (QED) is 0.140. The van der Waals surface area contributed by atoms with Gasteiger partial charge in [0.1, 0.15) is 12.2 Å². The summed E-state index contributed by atoms with van der Waals surface area (Å²) >= 11 is 0. The second kappa shape index (κ2) is 19.1. The van der Waals surface area contributed by atoms with Gasteiger partial charge in [-0.25, -0.2) is 22.2 Å². The molecule has 2 amide bonds. The second-order valence-corrected chi connectivity index (χ2v) is 22.1. The Morgan fingerprint density at radius 1 is 0.562 bits per heavy atom. The molecule has 1 unspecified atom stereocenters. The van der Waals surface area contributed by atoms with E-state index in [9.17, 15) is 48.6 Å². The van der Waals surface area contributed by atoms with E-state index in [1.807, 2.05) is 68.5 Å². The fourth-order valence-corrected chi connectivity index (χ4v) is 12.9. The van der Waals surface area contributed by atoms with E-state index in [-0.39, 0.29) is 28.5 Å². The number of carbonyl (C=O) groups is 2. The highest BCUT2D eigenvalue weighted by Gasteiger charge is 2.44. The first-order valence-electron chi connectivity index (χ1n) is 23.2. The number of nitrogens with zero attached hydrogens (tertiary/aromatic N) is 2. The summed E-state index contributed by atoms with van der Waals surface area (Å²) in [5.74, 6) is 0. The third-order valence-corrected chi connectivity index (χ3v) is 16.8. The number of amides is 2. The minimum absolute atomic E-state index is 0.0364. The largest absolute Gasteiger partial charge is 0.439 e. The smallest absolute Gasteiger partial charge is 0.416 e. The van der Waals surface area contributed by atoms with Crippen LogP contribution in [0.3, 0.4) is 0 Å². The summed E-state index contributed by atoms with van der Waals surface area (Å²) in [6.45, 7) is 10.6. The van der Waals surface area contributed by atoms with Gasteiger partial charge in [0, 0.05) is 0 Å². The average Bonchev–Trinajstić information content (AvgIpc) is 4.00. The van der Waals surface area contributed by atoms with Crippen LogP contribution in [-0.4, -0.2) is 46.7 Å². The summed E-state index contributed by atoms with van der Waals surface area (Å²) in [5, 5.41) is 0. The molecule has 0 saturated carbocycles. The number of hydrogen-bond donors (Lipinski definition) is 0. The van der Waals surface area contributed by atoms with Gasteiger partial charge < -0.3 is 9.47 Å².